The van der Waals surface area contributed by atoms with Crippen molar-refractivity contribution >= 4 is 23.3 Å². The SMILES string of the molecule is COc1ccc(-c2cc3nccn3c(Nc3ccccc3C(=O)O)n2)cc1OC. The maximum Gasteiger partial charge on any atom is 0.337 e. The van der Waals surface area contributed by atoms with Crippen LogP contribution in [0.1, 0.15) is 10.4 Å². The Labute approximate surface area is 166 Å². The van der Waals surface area contributed by atoms with E-state index in [0.29, 0.717) is 34.5 Å². The number of nitrogens with one attached hydrogen (secondary N) is 1. The largest absolute Gasteiger partial charge is 0.493 e. The Bertz CT molecular complexity index is 1200. The van der Waals surface area contributed by atoms with E-state index in [9.17, 15) is 9.90 Å². The summed E-state index contributed by atoms with van der Waals surface area (Å²) in [6, 6.07) is 14.0. The number of carboxylic acid groups (broad SMARTS) is 1. The van der Waals surface area contributed by atoms with Gasteiger partial charge in [-0.05, 0) is 30.3 Å². The van der Waals surface area contributed by atoms with E-state index < -0.39 is 5.97 Å². The second-order valence-electron chi connectivity index (χ2n) is 6.17. The Morgan fingerprint density at radius 1 is 1.07 bits per heavy atom. The lowest BCUT2D eigenvalue weighted by Gasteiger charge is -2.13. The first-order valence-electron chi connectivity index (χ1n) is 8.76. The summed E-state index contributed by atoms with van der Waals surface area (Å²) >= 11 is 0. The lowest BCUT2D eigenvalue weighted by atomic mass is 10.1. The molecule has 0 radical (unpaired) electrons. The number of ether oxygens (including phenoxy) is 2. The molecule has 2 heterocycles. The molecule has 4 aromatic rings. The van der Waals surface area contributed by atoms with Crippen LogP contribution in [-0.4, -0.2) is 39.7 Å². The number of hydrogen-bond acceptors (Lipinski definition) is 6. The number of aromatic nitrogens is 3. The highest BCUT2D eigenvalue weighted by Crippen LogP contribution is 2.33. The van der Waals surface area contributed by atoms with E-state index in [4.69, 9.17) is 14.5 Å². The van der Waals surface area contributed by atoms with E-state index in [1.165, 1.54) is 6.07 Å². The monoisotopic (exact) mass is 390 g/mol. The molecule has 146 valence electrons. The Morgan fingerprint density at radius 2 is 1.86 bits per heavy atom. The zero-order chi connectivity index (χ0) is 20.4. The lowest BCUT2D eigenvalue weighted by Crippen LogP contribution is -2.07. The molecule has 0 aliphatic carbocycles. The molecule has 0 saturated heterocycles. The van der Waals surface area contributed by atoms with Crippen LogP contribution in [0.25, 0.3) is 16.9 Å². The predicted molar refractivity (Wildman–Crippen MR) is 108 cm³/mol. The van der Waals surface area contributed by atoms with Crippen LogP contribution in [0.3, 0.4) is 0 Å². The van der Waals surface area contributed by atoms with Crippen LogP contribution in [-0.2, 0) is 0 Å². The third-order valence-corrected chi connectivity index (χ3v) is 4.47. The molecule has 0 amide bonds. The normalized spacial score (nSPS) is 10.7. The molecule has 29 heavy (non-hydrogen) atoms. The molecule has 0 saturated carbocycles. The van der Waals surface area contributed by atoms with Gasteiger partial charge in [0.15, 0.2) is 11.5 Å². The van der Waals surface area contributed by atoms with Crippen LogP contribution in [0, 0.1) is 0 Å². The summed E-state index contributed by atoms with van der Waals surface area (Å²) in [5.41, 5.74) is 2.72. The van der Waals surface area contributed by atoms with Crippen LogP contribution in [0.2, 0.25) is 0 Å². The fraction of sp³-hybridized carbons (Fsp3) is 0.0952. The van der Waals surface area contributed by atoms with Crippen molar-refractivity contribution in [2.75, 3.05) is 19.5 Å². The smallest absolute Gasteiger partial charge is 0.337 e. The van der Waals surface area contributed by atoms with Gasteiger partial charge in [-0.2, -0.15) is 0 Å². The summed E-state index contributed by atoms with van der Waals surface area (Å²) in [5.74, 6) is 0.622. The molecule has 0 aliphatic heterocycles. The molecule has 4 rings (SSSR count). The Hall–Kier alpha value is -4.07. The second kappa shape index (κ2) is 7.51. The number of aromatic carboxylic acids is 1. The van der Waals surface area contributed by atoms with Crippen molar-refractivity contribution in [2.45, 2.75) is 0 Å². The van der Waals surface area contributed by atoms with Gasteiger partial charge in [-0.3, -0.25) is 4.40 Å². The average molecular weight is 390 g/mol. The zero-order valence-electron chi connectivity index (χ0n) is 15.8. The number of para-hydroxylation sites is 1. The Kier molecular flexibility index (Phi) is 4.74. The Balaban J connectivity index is 1.83. The third kappa shape index (κ3) is 3.43. The summed E-state index contributed by atoms with van der Waals surface area (Å²) in [6.45, 7) is 0. The molecule has 0 spiro atoms. The van der Waals surface area contributed by atoms with E-state index in [1.54, 1.807) is 55.3 Å². The van der Waals surface area contributed by atoms with Gasteiger partial charge in [-0.1, -0.05) is 12.1 Å². The van der Waals surface area contributed by atoms with Crippen molar-refractivity contribution < 1.29 is 19.4 Å². The van der Waals surface area contributed by atoms with Crippen molar-refractivity contribution in [2.24, 2.45) is 0 Å². The topological polar surface area (TPSA) is 98.0 Å². The molecule has 0 atom stereocenters. The highest BCUT2D eigenvalue weighted by molar-refractivity contribution is 5.95. The molecule has 8 nitrogen and oxygen atoms in total. The van der Waals surface area contributed by atoms with Crippen LogP contribution in [0.5, 0.6) is 11.5 Å². The van der Waals surface area contributed by atoms with E-state index >= 15 is 0 Å². The molecule has 0 fully saturated rings. The van der Waals surface area contributed by atoms with Gasteiger partial charge in [0, 0.05) is 24.0 Å². The molecule has 2 N–H and O–H groups in total. The van der Waals surface area contributed by atoms with E-state index in [2.05, 4.69) is 10.3 Å². The number of nitrogens with zero attached hydrogens (tertiary/aromatic N) is 3. The number of methoxy groups -OCH3 is 2. The number of hydrogen-bond donors (Lipinski definition) is 2. The fourth-order valence-corrected chi connectivity index (χ4v) is 3.05. The first-order valence-corrected chi connectivity index (χ1v) is 8.76. The highest BCUT2D eigenvalue weighted by atomic mass is 16.5. The standard InChI is InChI=1S/C21H18N4O4/c1-28-17-8-7-13(11-18(17)29-2)16-12-19-22-9-10-25(19)21(24-16)23-15-6-4-3-5-14(15)20(26)27/h3-12H,1-2H3,(H,23,24)(H,26,27). The number of carbonyl (C=O) groups is 1. The number of fused-ring (bicyclic) bond motifs is 1. The maximum atomic E-state index is 11.5. The van der Waals surface area contributed by atoms with Crippen LogP contribution in [0.4, 0.5) is 11.6 Å². The molecular weight excluding hydrogens is 372 g/mol. The molecule has 0 aliphatic rings. The third-order valence-electron chi connectivity index (χ3n) is 4.47. The first-order chi connectivity index (χ1) is 14.1. The van der Waals surface area contributed by atoms with Crippen LogP contribution < -0.4 is 14.8 Å². The zero-order valence-corrected chi connectivity index (χ0v) is 15.8. The minimum Gasteiger partial charge on any atom is -0.493 e. The lowest BCUT2D eigenvalue weighted by molar-refractivity contribution is 0.0698. The van der Waals surface area contributed by atoms with E-state index in [-0.39, 0.29) is 5.56 Å². The average Bonchev–Trinajstić information content (AvgIpc) is 3.22. The van der Waals surface area contributed by atoms with E-state index in [0.717, 1.165) is 5.56 Å². The predicted octanol–water partition coefficient (Wildman–Crippen LogP) is 3.86. The van der Waals surface area contributed by atoms with Gasteiger partial charge >= 0.3 is 5.97 Å². The minimum absolute atomic E-state index is 0.152. The second-order valence-corrected chi connectivity index (χ2v) is 6.17. The quantitative estimate of drug-likeness (QED) is 0.516. The number of benzene rings is 2. The molecular formula is C21H18N4O4. The maximum absolute atomic E-state index is 11.5. The summed E-state index contributed by atoms with van der Waals surface area (Å²) in [6.07, 6.45) is 3.41. The first kappa shape index (κ1) is 18.3. The summed E-state index contributed by atoms with van der Waals surface area (Å²) in [5, 5.41) is 12.6. The number of carboxylic acids is 1. The minimum atomic E-state index is -1.02. The summed E-state index contributed by atoms with van der Waals surface area (Å²) in [7, 11) is 3.15. The number of anilines is 2. The van der Waals surface area contributed by atoms with Crippen molar-refractivity contribution in [1.29, 1.82) is 0 Å². The molecule has 2 aromatic carbocycles. The fourth-order valence-electron chi connectivity index (χ4n) is 3.05. The summed E-state index contributed by atoms with van der Waals surface area (Å²) in [4.78, 5) is 20.6. The Morgan fingerprint density at radius 3 is 2.62 bits per heavy atom. The van der Waals surface area contributed by atoms with Crippen molar-refractivity contribution in [3.63, 3.8) is 0 Å². The number of imidazole rings is 1. The molecule has 0 unspecified atom stereocenters. The highest BCUT2D eigenvalue weighted by Gasteiger charge is 2.14. The van der Waals surface area contributed by atoms with Crippen molar-refractivity contribution in [3.05, 3.63) is 66.5 Å². The van der Waals surface area contributed by atoms with Gasteiger partial charge < -0.3 is 19.9 Å². The molecule has 2 aromatic heterocycles. The van der Waals surface area contributed by atoms with Crippen molar-refractivity contribution in [3.8, 4) is 22.8 Å². The molecule has 0 bridgehead atoms. The van der Waals surface area contributed by atoms with Gasteiger partial charge in [0.1, 0.15) is 5.65 Å². The van der Waals surface area contributed by atoms with Gasteiger partial charge in [0.2, 0.25) is 5.95 Å². The van der Waals surface area contributed by atoms with Gasteiger partial charge in [0.25, 0.3) is 0 Å². The van der Waals surface area contributed by atoms with Crippen molar-refractivity contribution in [1.82, 2.24) is 14.4 Å². The number of rotatable bonds is 6. The van der Waals surface area contributed by atoms with Gasteiger partial charge in [0.05, 0.1) is 31.2 Å². The molecule has 8 heteroatoms. The van der Waals surface area contributed by atoms with Gasteiger partial charge in [-0.15, -0.1) is 0 Å². The summed E-state index contributed by atoms with van der Waals surface area (Å²) < 4.78 is 12.4. The van der Waals surface area contributed by atoms with E-state index in [1.807, 2.05) is 18.2 Å². The van der Waals surface area contributed by atoms with Gasteiger partial charge in [-0.25, -0.2) is 14.8 Å². The van der Waals surface area contributed by atoms with Crippen LogP contribution >= 0.6 is 0 Å². The van der Waals surface area contributed by atoms with Crippen LogP contribution in [0.15, 0.2) is 60.9 Å².